The molecule has 1 aliphatic carbocycles. The van der Waals surface area contributed by atoms with E-state index < -0.39 is 0 Å². The van der Waals surface area contributed by atoms with Gasteiger partial charge in [-0.05, 0) is 42.7 Å². The Hall–Kier alpha value is -1.16. The van der Waals surface area contributed by atoms with Crippen LogP contribution in [0.5, 0.6) is 5.75 Å². The Labute approximate surface area is 120 Å². The van der Waals surface area contributed by atoms with Gasteiger partial charge in [0.25, 0.3) is 0 Å². The molecular formula is C15H22N2OS. The molecule has 104 valence electrons. The summed E-state index contributed by atoms with van der Waals surface area (Å²) in [6.07, 6.45) is 5.46. The predicted octanol–water partition coefficient (Wildman–Crippen LogP) is 3.31. The van der Waals surface area contributed by atoms with Crippen molar-refractivity contribution in [1.82, 2.24) is 4.98 Å². The van der Waals surface area contributed by atoms with E-state index in [0.29, 0.717) is 22.0 Å². The van der Waals surface area contributed by atoms with Gasteiger partial charge in [-0.25, -0.2) is 4.98 Å². The molecule has 0 spiro atoms. The van der Waals surface area contributed by atoms with Crippen LogP contribution >= 0.6 is 12.2 Å². The molecule has 1 aromatic rings. The first kappa shape index (κ1) is 14.3. The van der Waals surface area contributed by atoms with E-state index in [4.69, 9.17) is 22.7 Å². The van der Waals surface area contributed by atoms with Gasteiger partial charge >= 0.3 is 0 Å². The zero-order valence-electron chi connectivity index (χ0n) is 11.8. The smallest absolute Gasteiger partial charge is 0.138 e. The van der Waals surface area contributed by atoms with Gasteiger partial charge in [0, 0.05) is 0 Å². The van der Waals surface area contributed by atoms with Crippen LogP contribution < -0.4 is 10.5 Å². The molecule has 1 aromatic heterocycles. The number of nitrogens with zero attached hydrogens (tertiary/aromatic N) is 1. The second-order valence-corrected chi connectivity index (χ2v) is 6.84. The summed E-state index contributed by atoms with van der Waals surface area (Å²) in [5.74, 6) is 1.51. The van der Waals surface area contributed by atoms with Gasteiger partial charge in [0.1, 0.15) is 10.7 Å². The third-order valence-electron chi connectivity index (χ3n) is 3.64. The summed E-state index contributed by atoms with van der Waals surface area (Å²) >= 11 is 4.89. The van der Waals surface area contributed by atoms with E-state index in [-0.39, 0.29) is 6.10 Å². The molecule has 2 unspecified atom stereocenters. The van der Waals surface area contributed by atoms with E-state index in [1.54, 1.807) is 6.20 Å². The van der Waals surface area contributed by atoms with Gasteiger partial charge in [0.05, 0.1) is 18.0 Å². The van der Waals surface area contributed by atoms with Crippen molar-refractivity contribution in [2.45, 2.75) is 46.1 Å². The number of hydrogen-bond acceptors (Lipinski definition) is 3. The third-order valence-corrected chi connectivity index (χ3v) is 3.85. The average Bonchev–Trinajstić information content (AvgIpc) is 2.26. The second kappa shape index (κ2) is 5.45. The molecule has 3 nitrogen and oxygen atoms in total. The van der Waals surface area contributed by atoms with Crippen molar-refractivity contribution in [3.8, 4) is 5.75 Å². The summed E-state index contributed by atoms with van der Waals surface area (Å²) in [4.78, 5) is 4.53. The Morgan fingerprint density at radius 2 is 2.16 bits per heavy atom. The lowest BCUT2D eigenvalue weighted by molar-refractivity contribution is 0.0560. The Balaban J connectivity index is 2.02. The van der Waals surface area contributed by atoms with Gasteiger partial charge in [0.15, 0.2) is 0 Å². The highest BCUT2D eigenvalue weighted by molar-refractivity contribution is 7.80. The van der Waals surface area contributed by atoms with Gasteiger partial charge in [-0.2, -0.15) is 0 Å². The molecule has 0 aliphatic heterocycles. The fourth-order valence-electron chi connectivity index (χ4n) is 3.14. The van der Waals surface area contributed by atoms with Crippen LogP contribution in [0.25, 0.3) is 0 Å². The van der Waals surface area contributed by atoms with Crippen LogP contribution in [0.4, 0.5) is 0 Å². The molecule has 0 bridgehead atoms. The van der Waals surface area contributed by atoms with Crippen molar-refractivity contribution < 1.29 is 4.74 Å². The Morgan fingerprint density at radius 1 is 1.42 bits per heavy atom. The van der Waals surface area contributed by atoms with Gasteiger partial charge < -0.3 is 10.5 Å². The monoisotopic (exact) mass is 278 g/mol. The van der Waals surface area contributed by atoms with Crippen molar-refractivity contribution in [3.63, 3.8) is 0 Å². The summed E-state index contributed by atoms with van der Waals surface area (Å²) in [5.41, 5.74) is 6.52. The maximum Gasteiger partial charge on any atom is 0.138 e. The molecule has 19 heavy (non-hydrogen) atoms. The SMILES string of the molecule is CC1CC(Oc2ccc(C(N)=S)nc2)CC(C)(C)C1. The van der Waals surface area contributed by atoms with E-state index in [1.165, 1.54) is 6.42 Å². The molecule has 1 heterocycles. The van der Waals surface area contributed by atoms with Crippen molar-refractivity contribution in [1.29, 1.82) is 0 Å². The van der Waals surface area contributed by atoms with E-state index in [9.17, 15) is 0 Å². The largest absolute Gasteiger partial charge is 0.489 e. The minimum absolute atomic E-state index is 0.274. The zero-order chi connectivity index (χ0) is 14.0. The van der Waals surface area contributed by atoms with Gasteiger partial charge in [-0.3, -0.25) is 0 Å². The summed E-state index contributed by atoms with van der Waals surface area (Å²) in [6, 6.07) is 3.71. The van der Waals surface area contributed by atoms with Crippen molar-refractivity contribution in [2.75, 3.05) is 0 Å². The summed E-state index contributed by atoms with van der Waals surface area (Å²) < 4.78 is 6.05. The molecule has 0 saturated heterocycles. The quantitative estimate of drug-likeness (QED) is 0.862. The Morgan fingerprint density at radius 3 is 2.68 bits per heavy atom. The minimum Gasteiger partial charge on any atom is -0.489 e. The number of aromatic nitrogens is 1. The summed E-state index contributed by atoms with van der Waals surface area (Å²) in [7, 11) is 0. The predicted molar refractivity (Wildman–Crippen MR) is 81.3 cm³/mol. The van der Waals surface area contributed by atoms with Crippen LogP contribution in [0.15, 0.2) is 18.3 Å². The zero-order valence-corrected chi connectivity index (χ0v) is 12.7. The first-order chi connectivity index (χ1) is 8.85. The lowest BCUT2D eigenvalue weighted by Gasteiger charge is -2.38. The number of hydrogen-bond donors (Lipinski definition) is 1. The van der Waals surface area contributed by atoms with E-state index in [2.05, 4.69) is 25.8 Å². The van der Waals surface area contributed by atoms with Crippen LogP contribution in [0.2, 0.25) is 0 Å². The first-order valence-electron chi connectivity index (χ1n) is 6.78. The molecule has 2 N–H and O–H groups in total. The normalized spacial score (nSPS) is 25.8. The Bertz CT molecular complexity index is 456. The number of nitrogens with two attached hydrogens (primary N) is 1. The first-order valence-corrected chi connectivity index (χ1v) is 7.19. The van der Waals surface area contributed by atoms with Crippen molar-refractivity contribution in [2.24, 2.45) is 17.1 Å². The van der Waals surface area contributed by atoms with E-state index in [1.807, 2.05) is 12.1 Å². The molecule has 4 heteroatoms. The fourth-order valence-corrected chi connectivity index (χ4v) is 3.26. The van der Waals surface area contributed by atoms with Crippen LogP contribution in [0.3, 0.4) is 0 Å². The van der Waals surface area contributed by atoms with Crippen LogP contribution in [-0.2, 0) is 0 Å². The van der Waals surface area contributed by atoms with Gasteiger partial charge in [-0.15, -0.1) is 0 Å². The highest BCUT2D eigenvalue weighted by atomic mass is 32.1. The van der Waals surface area contributed by atoms with Crippen LogP contribution in [0.1, 0.15) is 45.7 Å². The second-order valence-electron chi connectivity index (χ2n) is 6.40. The van der Waals surface area contributed by atoms with E-state index >= 15 is 0 Å². The molecular weight excluding hydrogens is 256 g/mol. The number of ether oxygens (including phenoxy) is 1. The third kappa shape index (κ3) is 3.90. The molecule has 1 aliphatic rings. The van der Waals surface area contributed by atoms with Crippen molar-refractivity contribution in [3.05, 3.63) is 24.0 Å². The molecule has 0 amide bonds. The Kier molecular flexibility index (Phi) is 4.09. The highest BCUT2D eigenvalue weighted by Crippen LogP contribution is 2.39. The highest BCUT2D eigenvalue weighted by Gasteiger charge is 2.33. The molecule has 1 fully saturated rings. The average molecular weight is 278 g/mol. The number of pyridine rings is 1. The van der Waals surface area contributed by atoms with Gasteiger partial charge in [0.2, 0.25) is 0 Å². The lowest BCUT2D eigenvalue weighted by atomic mass is 9.71. The number of thiocarbonyl (C=S) groups is 1. The molecule has 2 atom stereocenters. The number of rotatable bonds is 3. The van der Waals surface area contributed by atoms with E-state index in [0.717, 1.165) is 18.6 Å². The minimum atomic E-state index is 0.274. The molecule has 0 radical (unpaired) electrons. The molecule has 2 rings (SSSR count). The maximum atomic E-state index is 6.05. The van der Waals surface area contributed by atoms with Crippen LogP contribution in [0, 0.1) is 11.3 Å². The molecule has 0 aromatic carbocycles. The van der Waals surface area contributed by atoms with Crippen molar-refractivity contribution >= 4 is 17.2 Å². The lowest BCUT2D eigenvalue weighted by Crippen LogP contribution is -2.34. The standard InChI is InChI=1S/C15H22N2OS/c1-10-6-12(8-15(2,3)7-10)18-11-4-5-13(14(16)19)17-9-11/h4-5,9-10,12H,6-8H2,1-3H3,(H2,16,19). The fraction of sp³-hybridized carbons (Fsp3) is 0.600. The van der Waals surface area contributed by atoms with Gasteiger partial charge in [-0.1, -0.05) is 33.0 Å². The van der Waals surface area contributed by atoms with Crippen LogP contribution in [-0.4, -0.2) is 16.1 Å². The maximum absolute atomic E-state index is 6.05. The summed E-state index contributed by atoms with van der Waals surface area (Å²) in [6.45, 7) is 6.92. The topological polar surface area (TPSA) is 48.1 Å². The summed E-state index contributed by atoms with van der Waals surface area (Å²) in [5, 5.41) is 0. The molecule has 1 saturated carbocycles.